The molecular formula is C23H27N5. The zero-order chi connectivity index (χ0) is 18.9. The Morgan fingerprint density at radius 1 is 1.00 bits per heavy atom. The van der Waals surface area contributed by atoms with Crippen molar-refractivity contribution in [3.63, 3.8) is 0 Å². The van der Waals surface area contributed by atoms with Crippen LogP contribution >= 0.6 is 0 Å². The first-order valence-corrected chi connectivity index (χ1v) is 10.2. The van der Waals surface area contributed by atoms with Crippen LogP contribution in [0.3, 0.4) is 0 Å². The highest BCUT2D eigenvalue weighted by atomic mass is 15.4. The summed E-state index contributed by atoms with van der Waals surface area (Å²) in [7, 11) is 0. The molecule has 0 aliphatic carbocycles. The van der Waals surface area contributed by atoms with Crippen LogP contribution in [0.2, 0.25) is 0 Å². The first kappa shape index (κ1) is 17.6. The lowest BCUT2D eigenvalue weighted by molar-refractivity contribution is 0.146. The number of nitrogens with zero attached hydrogens (tertiary/aromatic N) is 2. The first-order valence-electron chi connectivity index (χ1n) is 10.2. The van der Waals surface area contributed by atoms with Crippen LogP contribution in [-0.4, -0.2) is 34.0 Å². The number of imidazole rings is 1. The average molecular weight is 374 g/mol. The molecule has 2 saturated heterocycles. The van der Waals surface area contributed by atoms with Gasteiger partial charge in [0.15, 0.2) is 0 Å². The number of hydrazine groups is 1. The maximum atomic E-state index is 4.48. The number of aromatic nitrogens is 2. The fourth-order valence-corrected chi connectivity index (χ4v) is 4.62. The van der Waals surface area contributed by atoms with Crippen LogP contribution in [0.4, 0.5) is 0 Å². The fourth-order valence-electron chi connectivity index (χ4n) is 4.62. The summed E-state index contributed by atoms with van der Waals surface area (Å²) in [6.07, 6.45) is 2.97. The van der Waals surface area contributed by atoms with Gasteiger partial charge in [-0.2, -0.15) is 0 Å². The third-order valence-electron chi connectivity index (χ3n) is 6.28. The monoisotopic (exact) mass is 373 g/mol. The van der Waals surface area contributed by atoms with Crippen LogP contribution in [0.15, 0.2) is 60.9 Å². The van der Waals surface area contributed by atoms with Gasteiger partial charge >= 0.3 is 0 Å². The number of benzene rings is 2. The summed E-state index contributed by atoms with van der Waals surface area (Å²) in [5, 5.41) is 0. The number of hydrogen-bond donors (Lipinski definition) is 3. The van der Waals surface area contributed by atoms with E-state index in [0.29, 0.717) is 18.0 Å². The number of aryl methyl sites for hydroxylation is 1. The Bertz CT molecular complexity index is 918. The van der Waals surface area contributed by atoms with Crippen LogP contribution in [0.25, 0.3) is 11.1 Å². The van der Waals surface area contributed by atoms with Gasteiger partial charge < -0.3 is 4.98 Å². The van der Waals surface area contributed by atoms with Crippen molar-refractivity contribution in [3.8, 4) is 11.1 Å². The third-order valence-corrected chi connectivity index (χ3v) is 6.28. The van der Waals surface area contributed by atoms with Crippen LogP contribution < -0.4 is 10.9 Å². The van der Waals surface area contributed by atoms with E-state index in [2.05, 4.69) is 87.2 Å². The van der Waals surface area contributed by atoms with Gasteiger partial charge in [-0.25, -0.2) is 10.4 Å². The zero-order valence-corrected chi connectivity index (χ0v) is 16.2. The largest absolute Gasteiger partial charge is 0.348 e. The van der Waals surface area contributed by atoms with Crippen molar-refractivity contribution in [2.24, 2.45) is 5.92 Å². The summed E-state index contributed by atoms with van der Waals surface area (Å²) >= 11 is 0. The lowest BCUT2D eigenvalue weighted by Crippen LogP contribution is -2.45. The smallest absolute Gasteiger partial charge is 0.0925 e. The molecule has 1 aromatic heterocycles. The second kappa shape index (κ2) is 7.51. The van der Waals surface area contributed by atoms with E-state index in [1.165, 1.54) is 34.5 Å². The average Bonchev–Trinajstić information content (AvgIpc) is 3.35. The first-order chi connectivity index (χ1) is 13.8. The van der Waals surface area contributed by atoms with Gasteiger partial charge in [-0.05, 0) is 30.0 Å². The second-order valence-electron chi connectivity index (χ2n) is 8.02. The van der Waals surface area contributed by atoms with E-state index in [1.807, 2.05) is 0 Å². The van der Waals surface area contributed by atoms with Crippen molar-refractivity contribution in [2.45, 2.75) is 32.0 Å². The van der Waals surface area contributed by atoms with Crippen molar-refractivity contribution in [1.29, 1.82) is 0 Å². The minimum atomic E-state index is 0.345. The maximum Gasteiger partial charge on any atom is 0.0925 e. The number of fused-ring (bicyclic) bond motifs is 1. The van der Waals surface area contributed by atoms with Crippen LogP contribution in [0.1, 0.15) is 29.4 Å². The molecule has 3 aromatic rings. The van der Waals surface area contributed by atoms with Crippen LogP contribution in [0.5, 0.6) is 0 Å². The van der Waals surface area contributed by atoms with Gasteiger partial charge in [-0.3, -0.25) is 10.3 Å². The van der Waals surface area contributed by atoms with E-state index >= 15 is 0 Å². The van der Waals surface area contributed by atoms with Gasteiger partial charge in [-0.15, -0.1) is 0 Å². The fraction of sp³-hybridized carbons (Fsp3) is 0.348. The maximum absolute atomic E-state index is 4.48. The number of nitrogens with one attached hydrogen (secondary N) is 3. The topological polar surface area (TPSA) is 56.0 Å². The Morgan fingerprint density at radius 2 is 1.79 bits per heavy atom. The van der Waals surface area contributed by atoms with Crippen molar-refractivity contribution >= 4 is 0 Å². The highest BCUT2D eigenvalue weighted by Gasteiger charge is 2.40. The van der Waals surface area contributed by atoms with Crippen molar-refractivity contribution in [2.75, 3.05) is 13.1 Å². The van der Waals surface area contributed by atoms with E-state index in [0.717, 1.165) is 19.6 Å². The van der Waals surface area contributed by atoms with Gasteiger partial charge in [0.1, 0.15) is 0 Å². The minimum absolute atomic E-state index is 0.345. The quantitative estimate of drug-likeness (QED) is 0.656. The summed E-state index contributed by atoms with van der Waals surface area (Å²) in [5.74, 6) is 0.565. The standard InChI is InChI=1S/C23H27N5/c1-16-22(25-15-24-16)14-28-12-11-21-20(13-28)23(27-26-21)19-9-7-18(8-10-19)17-5-3-2-4-6-17/h2-10,15,20-21,23,26-27H,11-14H2,1H3,(H,24,25). The summed E-state index contributed by atoms with van der Waals surface area (Å²) in [6.45, 7) is 5.23. The molecule has 2 aliphatic heterocycles. The Balaban J connectivity index is 1.31. The number of likely N-dealkylation sites (tertiary alicyclic amines) is 1. The lowest BCUT2D eigenvalue weighted by atomic mass is 9.84. The molecule has 2 aliphatic rings. The van der Waals surface area contributed by atoms with Gasteiger partial charge in [0, 0.05) is 37.3 Å². The molecule has 28 heavy (non-hydrogen) atoms. The number of H-pyrrole nitrogens is 1. The van der Waals surface area contributed by atoms with Gasteiger partial charge in [0.25, 0.3) is 0 Å². The summed E-state index contributed by atoms with van der Waals surface area (Å²) in [4.78, 5) is 10.2. The molecule has 144 valence electrons. The highest BCUT2D eigenvalue weighted by Crippen LogP contribution is 2.35. The molecule has 0 spiro atoms. The third kappa shape index (κ3) is 3.37. The van der Waals surface area contributed by atoms with Gasteiger partial charge in [-0.1, -0.05) is 54.6 Å². The summed E-state index contributed by atoms with van der Waals surface area (Å²) in [6, 6.07) is 20.5. The normalized spacial score (nSPS) is 25.0. The predicted octanol–water partition coefficient (Wildman–Crippen LogP) is 3.42. The van der Waals surface area contributed by atoms with Crippen molar-refractivity contribution in [1.82, 2.24) is 25.7 Å². The predicted molar refractivity (Wildman–Crippen MR) is 111 cm³/mol. The van der Waals surface area contributed by atoms with E-state index in [1.54, 1.807) is 6.33 Å². The Hall–Kier alpha value is -2.47. The molecule has 3 atom stereocenters. The Morgan fingerprint density at radius 3 is 2.54 bits per heavy atom. The van der Waals surface area contributed by atoms with Gasteiger partial charge in [0.2, 0.25) is 0 Å². The number of piperidine rings is 1. The highest BCUT2D eigenvalue weighted by molar-refractivity contribution is 5.63. The molecule has 5 rings (SSSR count). The van der Waals surface area contributed by atoms with E-state index in [4.69, 9.17) is 0 Å². The molecule has 3 unspecified atom stereocenters. The number of hydrogen-bond acceptors (Lipinski definition) is 4. The molecule has 5 nitrogen and oxygen atoms in total. The van der Waals surface area contributed by atoms with Crippen LogP contribution in [-0.2, 0) is 6.54 Å². The molecule has 2 aromatic carbocycles. The molecule has 3 N–H and O–H groups in total. The molecule has 0 radical (unpaired) electrons. The Labute approximate surface area is 166 Å². The van der Waals surface area contributed by atoms with E-state index < -0.39 is 0 Å². The zero-order valence-electron chi connectivity index (χ0n) is 16.2. The van der Waals surface area contributed by atoms with E-state index in [-0.39, 0.29) is 0 Å². The Kier molecular flexibility index (Phi) is 4.72. The van der Waals surface area contributed by atoms with Crippen LogP contribution in [0, 0.1) is 12.8 Å². The minimum Gasteiger partial charge on any atom is -0.348 e. The van der Waals surface area contributed by atoms with Crippen molar-refractivity contribution < 1.29 is 0 Å². The number of rotatable bonds is 4. The molecular weight excluding hydrogens is 346 g/mol. The number of aromatic amines is 1. The molecule has 0 amide bonds. The molecule has 3 heterocycles. The van der Waals surface area contributed by atoms with E-state index in [9.17, 15) is 0 Å². The SMILES string of the molecule is Cc1[nH]cnc1CN1CCC2NNC(c3ccc(-c4ccccc4)cc3)C2C1. The second-order valence-corrected chi connectivity index (χ2v) is 8.02. The summed E-state index contributed by atoms with van der Waals surface area (Å²) in [5.41, 5.74) is 13.4. The molecule has 5 heteroatoms. The van der Waals surface area contributed by atoms with Gasteiger partial charge in [0.05, 0.1) is 18.1 Å². The molecule has 2 fully saturated rings. The molecule has 0 bridgehead atoms. The molecule has 0 saturated carbocycles. The van der Waals surface area contributed by atoms with Crippen molar-refractivity contribution in [3.05, 3.63) is 77.9 Å². The summed E-state index contributed by atoms with van der Waals surface area (Å²) < 4.78 is 0. The lowest BCUT2D eigenvalue weighted by Gasteiger charge is -2.36.